The maximum atomic E-state index is 12.6. The molecule has 0 aromatic heterocycles. The summed E-state index contributed by atoms with van der Waals surface area (Å²) in [5, 5.41) is 0.153. The van der Waals surface area contributed by atoms with E-state index in [0.29, 0.717) is 16.8 Å². The van der Waals surface area contributed by atoms with Crippen molar-refractivity contribution in [2.45, 2.75) is 18.7 Å². The Labute approximate surface area is 147 Å². The molecule has 0 aliphatic rings. The van der Waals surface area contributed by atoms with Crippen LogP contribution in [0.25, 0.3) is 0 Å². The zero-order chi connectivity index (χ0) is 18.1. The van der Waals surface area contributed by atoms with Crippen molar-refractivity contribution >= 4 is 33.2 Å². The molecule has 0 aliphatic heterocycles. The predicted molar refractivity (Wildman–Crippen MR) is 96.2 cm³/mol. The quantitative estimate of drug-likeness (QED) is 0.901. The average Bonchev–Trinajstić information content (AvgIpc) is 2.48. The lowest BCUT2D eigenvalue weighted by molar-refractivity contribution is 0.0827. The van der Waals surface area contributed by atoms with Crippen LogP contribution in [0.4, 0.5) is 5.69 Å². The Morgan fingerprint density at radius 1 is 1.08 bits per heavy atom. The van der Waals surface area contributed by atoms with Gasteiger partial charge >= 0.3 is 0 Å². The summed E-state index contributed by atoms with van der Waals surface area (Å²) >= 11 is 6.06. The van der Waals surface area contributed by atoms with Crippen molar-refractivity contribution in [2.24, 2.45) is 0 Å². The number of nitrogens with one attached hydrogen (secondary N) is 1. The Bertz CT molecular complexity index is 893. The van der Waals surface area contributed by atoms with Gasteiger partial charge in [0.15, 0.2) is 0 Å². The maximum absolute atomic E-state index is 12.6. The topological polar surface area (TPSA) is 66.5 Å². The summed E-state index contributed by atoms with van der Waals surface area (Å²) in [5.41, 5.74) is 2.32. The van der Waals surface area contributed by atoms with Crippen molar-refractivity contribution in [3.8, 4) is 0 Å². The number of hydrogen-bond acceptors (Lipinski definition) is 3. The zero-order valence-corrected chi connectivity index (χ0v) is 15.5. The predicted octanol–water partition coefficient (Wildman–Crippen LogP) is 3.46. The van der Waals surface area contributed by atoms with E-state index in [2.05, 4.69) is 4.72 Å². The van der Waals surface area contributed by atoms with E-state index < -0.39 is 10.0 Å². The van der Waals surface area contributed by atoms with Crippen LogP contribution in [0.5, 0.6) is 0 Å². The van der Waals surface area contributed by atoms with E-state index in [-0.39, 0.29) is 15.8 Å². The Balaban J connectivity index is 2.42. The number of amides is 1. The van der Waals surface area contributed by atoms with Crippen molar-refractivity contribution in [1.29, 1.82) is 0 Å². The van der Waals surface area contributed by atoms with Crippen molar-refractivity contribution in [1.82, 2.24) is 4.90 Å². The number of nitrogens with zero attached hydrogens (tertiary/aromatic N) is 1. The van der Waals surface area contributed by atoms with Gasteiger partial charge in [0.05, 0.1) is 10.7 Å². The second-order valence-electron chi connectivity index (χ2n) is 5.77. The molecule has 2 aromatic carbocycles. The number of rotatable bonds is 4. The van der Waals surface area contributed by atoms with Crippen LogP contribution >= 0.6 is 11.6 Å². The van der Waals surface area contributed by atoms with Crippen LogP contribution in [0.3, 0.4) is 0 Å². The molecule has 128 valence electrons. The third-order valence-electron chi connectivity index (χ3n) is 3.51. The van der Waals surface area contributed by atoms with E-state index in [4.69, 9.17) is 11.6 Å². The highest BCUT2D eigenvalue weighted by atomic mass is 35.5. The van der Waals surface area contributed by atoms with E-state index in [9.17, 15) is 13.2 Å². The van der Waals surface area contributed by atoms with Gasteiger partial charge in [-0.05, 0) is 49.2 Å². The number of aryl methyl sites for hydroxylation is 2. The summed E-state index contributed by atoms with van der Waals surface area (Å²) in [4.78, 5) is 13.5. The van der Waals surface area contributed by atoms with E-state index in [1.165, 1.54) is 17.0 Å². The average molecular weight is 367 g/mol. The Morgan fingerprint density at radius 2 is 1.75 bits per heavy atom. The van der Waals surface area contributed by atoms with Crippen molar-refractivity contribution in [3.05, 3.63) is 58.1 Å². The van der Waals surface area contributed by atoms with Gasteiger partial charge in [0, 0.05) is 19.7 Å². The molecule has 0 spiro atoms. The first-order chi connectivity index (χ1) is 11.1. The third-order valence-corrected chi connectivity index (χ3v) is 5.36. The number of carbonyl (C=O) groups is 1. The summed E-state index contributed by atoms with van der Waals surface area (Å²) < 4.78 is 27.7. The molecule has 0 unspecified atom stereocenters. The number of sulfonamides is 1. The van der Waals surface area contributed by atoms with Crippen LogP contribution < -0.4 is 4.72 Å². The van der Waals surface area contributed by atoms with Crippen LogP contribution in [0.15, 0.2) is 41.3 Å². The summed E-state index contributed by atoms with van der Waals surface area (Å²) in [7, 11) is -0.579. The summed E-state index contributed by atoms with van der Waals surface area (Å²) in [6, 6.07) is 9.62. The molecule has 24 heavy (non-hydrogen) atoms. The van der Waals surface area contributed by atoms with E-state index in [0.717, 1.165) is 5.56 Å². The number of hydrogen-bond donors (Lipinski definition) is 1. The van der Waals surface area contributed by atoms with Crippen LogP contribution in [-0.4, -0.2) is 33.3 Å². The van der Waals surface area contributed by atoms with Crippen molar-refractivity contribution in [2.75, 3.05) is 18.8 Å². The second-order valence-corrected chi connectivity index (χ2v) is 7.83. The summed E-state index contributed by atoms with van der Waals surface area (Å²) in [5.74, 6) is -0.205. The van der Waals surface area contributed by atoms with Crippen LogP contribution in [0.1, 0.15) is 21.5 Å². The molecule has 0 bridgehead atoms. The lowest BCUT2D eigenvalue weighted by Gasteiger charge is -2.15. The summed E-state index contributed by atoms with van der Waals surface area (Å²) in [6.07, 6.45) is 0. The molecule has 0 radical (unpaired) electrons. The Morgan fingerprint density at radius 3 is 2.33 bits per heavy atom. The minimum Gasteiger partial charge on any atom is -0.345 e. The van der Waals surface area contributed by atoms with Gasteiger partial charge in [-0.3, -0.25) is 9.52 Å². The van der Waals surface area contributed by atoms with E-state index in [1.54, 1.807) is 45.3 Å². The number of carbonyl (C=O) groups excluding carboxylic acids is 1. The highest BCUT2D eigenvalue weighted by Gasteiger charge is 2.20. The van der Waals surface area contributed by atoms with Gasteiger partial charge in [-0.2, -0.15) is 0 Å². The minimum atomic E-state index is -3.85. The van der Waals surface area contributed by atoms with Crippen LogP contribution in [0.2, 0.25) is 5.02 Å². The fourth-order valence-electron chi connectivity index (χ4n) is 2.15. The first-order valence-electron chi connectivity index (χ1n) is 7.23. The van der Waals surface area contributed by atoms with Gasteiger partial charge in [0.1, 0.15) is 4.90 Å². The molecule has 5 nitrogen and oxygen atoms in total. The van der Waals surface area contributed by atoms with Gasteiger partial charge in [0.25, 0.3) is 15.9 Å². The molecular weight excluding hydrogens is 348 g/mol. The Kier molecular flexibility index (Phi) is 5.20. The highest BCUT2D eigenvalue weighted by Crippen LogP contribution is 2.26. The zero-order valence-electron chi connectivity index (χ0n) is 13.9. The molecule has 0 atom stereocenters. The molecule has 1 amide bonds. The fraction of sp³-hybridized carbons (Fsp3) is 0.235. The van der Waals surface area contributed by atoms with Crippen molar-refractivity contribution < 1.29 is 13.2 Å². The molecule has 0 heterocycles. The lowest BCUT2D eigenvalue weighted by Crippen LogP contribution is -2.22. The van der Waals surface area contributed by atoms with Crippen LogP contribution in [-0.2, 0) is 10.0 Å². The van der Waals surface area contributed by atoms with Gasteiger partial charge in [0.2, 0.25) is 0 Å². The van der Waals surface area contributed by atoms with Gasteiger partial charge < -0.3 is 4.90 Å². The largest absolute Gasteiger partial charge is 0.345 e. The summed E-state index contributed by atoms with van der Waals surface area (Å²) in [6.45, 7) is 3.59. The Hall–Kier alpha value is -2.05. The number of anilines is 1. The lowest BCUT2D eigenvalue weighted by atomic mass is 10.1. The van der Waals surface area contributed by atoms with E-state index >= 15 is 0 Å². The van der Waals surface area contributed by atoms with Gasteiger partial charge in [-0.15, -0.1) is 0 Å². The van der Waals surface area contributed by atoms with Crippen LogP contribution in [0, 0.1) is 13.8 Å². The number of halogens is 1. The van der Waals surface area contributed by atoms with Crippen molar-refractivity contribution in [3.63, 3.8) is 0 Å². The maximum Gasteiger partial charge on any atom is 0.263 e. The monoisotopic (exact) mass is 366 g/mol. The molecule has 7 heteroatoms. The molecule has 0 fully saturated rings. The fourth-order valence-corrected chi connectivity index (χ4v) is 3.87. The molecule has 1 N–H and O–H groups in total. The highest BCUT2D eigenvalue weighted by molar-refractivity contribution is 7.92. The molecule has 0 aliphatic carbocycles. The normalized spacial score (nSPS) is 11.2. The molecular formula is C17H19ClN2O3S. The molecule has 0 saturated carbocycles. The molecule has 2 rings (SSSR count). The van der Waals surface area contributed by atoms with E-state index in [1.807, 2.05) is 6.92 Å². The standard InChI is InChI=1S/C17H19ClN2O3S/c1-11-5-8-16(14(18)9-11)24(22,23)19-15-10-13(7-6-12(15)2)17(21)20(3)4/h5-10,19H,1-4H3. The number of benzene rings is 2. The SMILES string of the molecule is Cc1ccc(S(=O)(=O)Nc2cc(C(=O)N(C)C)ccc2C)c(Cl)c1. The first kappa shape index (κ1) is 18.3. The molecule has 2 aromatic rings. The minimum absolute atomic E-state index is 0.00138. The third kappa shape index (κ3) is 3.88. The second kappa shape index (κ2) is 6.83. The van der Waals surface area contributed by atoms with Gasteiger partial charge in [-0.1, -0.05) is 23.7 Å². The van der Waals surface area contributed by atoms with Gasteiger partial charge in [-0.25, -0.2) is 8.42 Å². The smallest absolute Gasteiger partial charge is 0.263 e. The molecule has 0 saturated heterocycles. The first-order valence-corrected chi connectivity index (χ1v) is 9.09.